The Morgan fingerprint density at radius 1 is 1.40 bits per heavy atom. The van der Waals surface area contributed by atoms with Crippen LogP contribution in [0.25, 0.3) is 0 Å². The number of aliphatic hydroxyl groups excluding tert-OH is 1. The minimum atomic E-state index is -0.0362. The van der Waals surface area contributed by atoms with E-state index < -0.39 is 0 Å². The number of rotatable bonds is 8. The van der Waals surface area contributed by atoms with E-state index in [-0.39, 0.29) is 12.0 Å². The van der Waals surface area contributed by atoms with Gasteiger partial charge in [0.2, 0.25) is 0 Å². The first-order chi connectivity index (χ1) is 14.6. The molecule has 0 radical (unpaired) electrons. The fourth-order valence-corrected chi connectivity index (χ4v) is 4.99. The van der Waals surface area contributed by atoms with Gasteiger partial charge in [0.25, 0.3) is 0 Å². The van der Waals surface area contributed by atoms with Gasteiger partial charge in [-0.25, -0.2) is 0 Å². The van der Waals surface area contributed by atoms with Crippen LogP contribution in [-0.2, 0) is 4.74 Å². The molecule has 6 nitrogen and oxygen atoms in total. The number of hydrogen-bond donors (Lipinski definition) is 3. The molecule has 0 bridgehead atoms. The van der Waals surface area contributed by atoms with E-state index in [1.165, 1.54) is 18.4 Å². The predicted octanol–water partition coefficient (Wildman–Crippen LogP) is 3.07. The number of likely N-dealkylation sites (tertiary alicyclic amines) is 1. The second-order valence-corrected chi connectivity index (χ2v) is 9.17. The van der Waals surface area contributed by atoms with Gasteiger partial charge in [-0.15, -0.1) is 0 Å². The van der Waals surface area contributed by atoms with Gasteiger partial charge in [0.15, 0.2) is 5.96 Å². The quantitative estimate of drug-likeness (QED) is 0.431. The molecule has 30 heavy (non-hydrogen) atoms. The molecule has 0 aromatic heterocycles. The number of halogens is 1. The molecule has 1 aromatic rings. The summed E-state index contributed by atoms with van der Waals surface area (Å²) in [5.74, 6) is 1.33. The van der Waals surface area contributed by atoms with Gasteiger partial charge in [-0.3, -0.25) is 9.89 Å². The standard InChI is InChI=1S/C23H37ClN4O2/c1-3-25-22(27-16-23(9-12-29)10-13-30-17-23)26-15-19-7-5-11-28(2)21(19)18-6-4-8-20(24)14-18/h4,6,8,14,19,21,29H,3,5,7,9-13,15-17H2,1-2H3,(H2,25,26,27). The SMILES string of the molecule is CCNC(=NCC1(CCO)CCOC1)NCC1CCCN(C)C1c1cccc(Cl)c1. The van der Waals surface area contributed by atoms with Crippen LogP contribution < -0.4 is 10.6 Å². The summed E-state index contributed by atoms with van der Waals surface area (Å²) in [5.41, 5.74) is 1.24. The average molecular weight is 437 g/mol. The first-order valence-electron chi connectivity index (χ1n) is 11.2. The smallest absolute Gasteiger partial charge is 0.191 e. The highest BCUT2D eigenvalue weighted by Gasteiger charge is 2.34. The van der Waals surface area contributed by atoms with Gasteiger partial charge in [-0.1, -0.05) is 23.7 Å². The Morgan fingerprint density at radius 3 is 2.97 bits per heavy atom. The lowest BCUT2D eigenvalue weighted by Gasteiger charge is -2.40. The van der Waals surface area contributed by atoms with Crippen LogP contribution in [0.4, 0.5) is 0 Å². The van der Waals surface area contributed by atoms with Crippen LogP contribution in [0.2, 0.25) is 5.02 Å². The number of nitrogens with one attached hydrogen (secondary N) is 2. The first kappa shape index (κ1) is 23.3. The number of ether oxygens (including phenoxy) is 1. The molecule has 2 aliphatic rings. The van der Waals surface area contributed by atoms with Gasteiger partial charge in [0, 0.05) is 42.8 Å². The minimum Gasteiger partial charge on any atom is -0.396 e. The number of benzene rings is 1. The van der Waals surface area contributed by atoms with Gasteiger partial charge in [-0.05, 0) is 69.8 Å². The van der Waals surface area contributed by atoms with E-state index in [0.717, 1.165) is 50.1 Å². The molecule has 168 valence electrons. The van der Waals surface area contributed by atoms with Crippen LogP contribution in [-0.4, -0.2) is 69.0 Å². The molecule has 3 unspecified atom stereocenters. The van der Waals surface area contributed by atoms with Crippen molar-refractivity contribution in [2.24, 2.45) is 16.3 Å². The molecular formula is C23H37ClN4O2. The largest absolute Gasteiger partial charge is 0.396 e. The Balaban J connectivity index is 1.67. The Labute approximate surface area is 186 Å². The molecule has 3 rings (SSSR count). The van der Waals surface area contributed by atoms with Crippen LogP contribution in [0.3, 0.4) is 0 Å². The normalized spacial score (nSPS) is 27.9. The van der Waals surface area contributed by atoms with E-state index in [1.807, 2.05) is 12.1 Å². The van der Waals surface area contributed by atoms with E-state index in [2.05, 4.69) is 41.6 Å². The van der Waals surface area contributed by atoms with E-state index in [0.29, 0.717) is 25.1 Å². The lowest BCUT2D eigenvalue weighted by Crippen LogP contribution is -2.45. The van der Waals surface area contributed by atoms with Crippen molar-refractivity contribution in [3.05, 3.63) is 34.9 Å². The fraction of sp³-hybridized carbons (Fsp3) is 0.696. The van der Waals surface area contributed by atoms with Crippen LogP contribution in [0, 0.1) is 11.3 Å². The molecular weight excluding hydrogens is 400 g/mol. The van der Waals surface area contributed by atoms with Crippen LogP contribution >= 0.6 is 11.6 Å². The van der Waals surface area contributed by atoms with Crippen LogP contribution in [0.5, 0.6) is 0 Å². The highest BCUT2D eigenvalue weighted by Crippen LogP contribution is 2.36. The number of piperidine rings is 1. The zero-order valence-electron chi connectivity index (χ0n) is 18.4. The minimum absolute atomic E-state index is 0.0362. The summed E-state index contributed by atoms with van der Waals surface area (Å²) in [6.07, 6.45) is 4.07. The summed E-state index contributed by atoms with van der Waals surface area (Å²) in [7, 11) is 2.20. The van der Waals surface area contributed by atoms with Crippen molar-refractivity contribution in [3.8, 4) is 0 Å². The van der Waals surface area contributed by atoms with Crippen LogP contribution in [0.15, 0.2) is 29.3 Å². The summed E-state index contributed by atoms with van der Waals surface area (Å²) in [4.78, 5) is 7.31. The van der Waals surface area contributed by atoms with Crippen molar-refractivity contribution in [3.63, 3.8) is 0 Å². The van der Waals surface area contributed by atoms with Crippen molar-refractivity contribution in [1.82, 2.24) is 15.5 Å². The molecule has 0 amide bonds. The Kier molecular flexibility index (Phi) is 8.81. The molecule has 3 N–H and O–H groups in total. The molecule has 2 aliphatic heterocycles. The van der Waals surface area contributed by atoms with Crippen molar-refractivity contribution >= 4 is 17.6 Å². The van der Waals surface area contributed by atoms with Gasteiger partial charge < -0.3 is 20.5 Å². The van der Waals surface area contributed by atoms with Crippen molar-refractivity contribution in [1.29, 1.82) is 0 Å². The van der Waals surface area contributed by atoms with Crippen molar-refractivity contribution < 1.29 is 9.84 Å². The third kappa shape index (κ3) is 6.10. The highest BCUT2D eigenvalue weighted by atomic mass is 35.5. The fourth-order valence-electron chi connectivity index (χ4n) is 4.79. The predicted molar refractivity (Wildman–Crippen MR) is 123 cm³/mol. The maximum Gasteiger partial charge on any atom is 0.191 e. The molecule has 0 saturated carbocycles. The maximum absolute atomic E-state index is 9.47. The van der Waals surface area contributed by atoms with Gasteiger partial charge in [0.05, 0.1) is 13.2 Å². The number of nitrogens with zero attached hydrogens (tertiary/aromatic N) is 2. The summed E-state index contributed by atoms with van der Waals surface area (Å²) < 4.78 is 5.61. The summed E-state index contributed by atoms with van der Waals surface area (Å²) in [6, 6.07) is 8.60. The highest BCUT2D eigenvalue weighted by molar-refractivity contribution is 6.30. The molecule has 0 aliphatic carbocycles. The van der Waals surface area contributed by atoms with Crippen molar-refractivity contribution in [2.45, 2.75) is 38.6 Å². The zero-order valence-corrected chi connectivity index (χ0v) is 19.1. The third-order valence-electron chi connectivity index (χ3n) is 6.47. The van der Waals surface area contributed by atoms with Gasteiger partial charge in [0.1, 0.15) is 0 Å². The lowest BCUT2D eigenvalue weighted by molar-refractivity contribution is 0.122. The molecule has 1 aromatic carbocycles. The van der Waals surface area contributed by atoms with E-state index >= 15 is 0 Å². The molecule has 2 heterocycles. The van der Waals surface area contributed by atoms with Crippen molar-refractivity contribution in [2.75, 3.05) is 53.0 Å². The number of hydrogen-bond acceptors (Lipinski definition) is 4. The molecule has 0 spiro atoms. The average Bonchev–Trinajstić information content (AvgIpc) is 3.19. The number of aliphatic hydroxyl groups is 1. The van der Waals surface area contributed by atoms with E-state index in [9.17, 15) is 5.11 Å². The zero-order chi connectivity index (χ0) is 21.4. The number of aliphatic imine (C=N–C) groups is 1. The van der Waals surface area contributed by atoms with E-state index in [1.54, 1.807) is 0 Å². The van der Waals surface area contributed by atoms with Gasteiger partial charge >= 0.3 is 0 Å². The van der Waals surface area contributed by atoms with Crippen LogP contribution in [0.1, 0.15) is 44.2 Å². The molecule has 2 saturated heterocycles. The Hall–Kier alpha value is -1.34. The molecule has 7 heteroatoms. The maximum atomic E-state index is 9.47. The molecule has 2 fully saturated rings. The molecule has 3 atom stereocenters. The van der Waals surface area contributed by atoms with E-state index in [4.69, 9.17) is 21.3 Å². The Bertz CT molecular complexity index is 694. The first-order valence-corrected chi connectivity index (χ1v) is 11.6. The second-order valence-electron chi connectivity index (χ2n) is 8.74. The summed E-state index contributed by atoms with van der Waals surface area (Å²) in [5, 5.41) is 17.2. The monoisotopic (exact) mass is 436 g/mol. The Morgan fingerprint density at radius 2 is 2.27 bits per heavy atom. The summed E-state index contributed by atoms with van der Waals surface area (Å²) in [6.45, 7) is 7.15. The number of guanidine groups is 1. The summed E-state index contributed by atoms with van der Waals surface area (Å²) >= 11 is 6.28. The topological polar surface area (TPSA) is 69.1 Å². The van der Waals surface area contributed by atoms with Gasteiger partial charge in [-0.2, -0.15) is 0 Å². The third-order valence-corrected chi connectivity index (χ3v) is 6.71. The lowest BCUT2D eigenvalue weighted by atomic mass is 9.84. The second kappa shape index (κ2) is 11.3.